The maximum Gasteiger partial charge on any atom is 0.239 e. The predicted molar refractivity (Wildman–Crippen MR) is 79.7 cm³/mol. The second-order valence-electron chi connectivity index (χ2n) is 4.82. The summed E-state index contributed by atoms with van der Waals surface area (Å²) in [6.07, 6.45) is 0. The molecule has 0 aliphatic rings. The first-order valence-electron chi connectivity index (χ1n) is 6.68. The van der Waals surface area contributed by atoms with Crippen LogP contribution in [0.25, 0.3) is 0 Å². The molecule has 0 saturated carbocycles. The van der Waals surface area contributed by atoms with Gasteiger partial charge < -0.3 is 10.5 Å². The molecule has 1 unspecified atom stereocenters. The van der Waals surface area contributed by atoms with Crippen molar-refractivity contribution in [1.82, 2.24) is 15.1 Å². The van der Waals surface area contributed by atoms with Crippen molar-refractivity contribution in [3.05, 3.63) is 47.2 Å². The number of benzene rings is 1. The molecule has 1 atom stereocenters. The van der Waals surface area contributed by atoms with Crippen LogP contribution in [0.2, 0.25) is 0 Å². The molecule has 1 amide bonds. The number of carbonyl (C=O) groups excluding carboxylic acids is 1. The first kappa shape index (κ1) is 15.1. The number of carbonyl (C=O) groups is 1. The standard InChI is InChI=1S/C15H20N4O2/c1-10-12(15(21-3)19(2)18-10)9-17-13(14(16)20)11-7-5-4-6-8-11/h4-8,13,17H,9H2,1-3H3,(H2,16,20). The van der Waals surface area contributed by atoms with Gasteiger partial charge >= 0.3 is 0 Å². The zero-order valence-electron chi connectivity index (χ0n) is 12.5. The highest BCUT2D eigenvalue weighted by molar-refractivity contribution is 5.81. The van der Waals surface area contributed by atoms with Gasteiger partial charge in [-0.05, 0) is 12.5 Å². The number of nitrogens with zero attached hydrogens (tertiary/aromatic N) is 2. The van der Waals surface area contributed by atoms with Crippen molar-refractivity contribution in [3.8, 4) is 5.88 Å². The van der Waals surface area contributed by atoms with Crippen molar-refractivity contribution < 1.29 is 9.53 Å². The molecule has 0 aliphatic heterocycles. The molecule has 0 bridgehead atoms. The second kappa shape index (κ2) is 6.41. The summed E-state index contributed by atoms with van der Waals surface area (Å²) in [4.78, 5) is 11.7. The van der Waals surface area contributed by atoms with E-state index in [0.29, 0.717) is 12.4 Å². The van der Waals surface area contributed by atoms with Crippen molar-refractivity contribution in [2.45, 2.75) is 19.5 Å². The third-order valence-electron chi connectivity index (χ3n) is 3.38. The molecular weight excluding hydrogens is 268 g/mol. The summed E-state index contributed by atoms with van der Waals surface area (Å²) in [5, 5.41) is 7.49. The van der Waals surface area contributed by atoms with Gasteiger partial charge in [0.1, 0.15) is 6.04 Å². The lowest BCUT2D eigenvalue weighted by molar-refractivity contribution is -0.120. The van der Waals surface area contributed by atoms with Gasteiger partial charge in [-0.3, -0.25) is 10.1 Å². The molecule has 2 rings (SSSR count). The van der Waals surface area contributed by atoms with Crippen LogP contribution < -0.4 is 15.8 Å². The fraction of sp³-hybridized carbons (Fsp3) is 0.333. The lowest BCUT2D eigenvalue weighted by atomic mass is 10.1. The van der Waals surface area contributed by atoms with Crippen LogP contribution in [-0.2, 0) is 18.4 Å². The Balaban J connectivity index is 2.19. The Labute approximate surface area is 123 Å². The zero-order valence-corrected chi connectivity index (χ0v) is 12.5. The molecule has 21 heavy (non-hydrogen) atoms. The van der Waals surface area contributed by atoms with Crippen LogP contribution >= 0.6 is 0 Å². The summed E-state index contributed by atoms with van der Waals surface area (Å²) >= 11 is 0. The number of hydrogen-bond acceptors (Lipinski definition) is 4. The van der Waals surface area contributed by atoms with Crippen molar-refractivity contribution in [1.29, 1.82) is 0 Å². The van der Waals surface area contributed by atoms with E-state index in [4.69, 9.17) is 10.5 Å². The van der Waals surface area contributed by atoms with Crippen molar-refractivity contribution in [2.24, 2.45) is 12.8 Å². The van der Waals surface area contributed by atoms with Gasteiger partial charge in [-0.15, -0.1) is 0 Å². The molecule has 1 heterocycles. The molecule has 0 saturated heterocycles. The molecular formula is C15H20N4O2. The van der Waals surface area contributed by atoms with Crippen molar-refractivity contribution >= 4 is 5.91 Å². The van der Waals surface area contributed by atoms with Crippen LogP contribution in [0.5, 0.6) is 5.88 Å². The lowest BCUT2D eigenvalue weighted by Crippen LogP contribution is -2.33. The highest BCUT2D eigenvalue weighted by Crippen LogP contribution is 2.22. The first-order chi connectivity index (χ1) is 10.0. The highest BCUT2D eigenvalue weighted by Gasteiger charge is 2.20. The maximum atomic E-state index is 11.7. The van der Waals surface area contributed by atoms with Crippen molar-refractivity contribution in [3.63, 3.8) is 0 Å². The number of primary amides is 1. The fourth-order valence-electron chi connectivity index (χ4n) is 2.37. The number of hydrogen-bond donors (Lipinski definition) is 2. The van der Waals surface area contributed by atoms with E-state index >= 15 is 0 Å². The average Bonchev–Trinajstić information content (AvgIpc) is 2.73. The molecule has 6 heteroatoms. The minimum Gasteiger partial charge on any atom is -0.481 e. The van der Waals surface area contributed by atoms with E-state index in [0.717, 1.165) is 16.8 Å². The topological polar surface area (TPSA) is 82.2 Å². The van der Waals surface area contributed by atoms with Crippen LogP contribution in [0, 0.1) is 6.92 Å². The second-order valence-corrected chi connectivity index (χ2v) is 4.82. The predicted octanol–water partition coefficient (Wildman–Crippen LogP) is 1.05. The van der Waals surface area contributed by atoms with E-state index in [-0.39, 0.29) is 0 Å². The van der Waals surface area contributed by atoms with Gasteiger partial charge in [0.25, 0.3) is 0 Å². The van der Waals surface area contributed by atoms with E-state index < -0.39 is 11.9 Å². The summed E-state index contributed by atoms with van der Waals surface area (Å²) in [6.45, 7) is 2.35. The largest absolute Gasteiger partial charge is 0.481 e. The number of nitrogens with one attached hydrogen (secondary N) is 1. The molecule has 112 valence electrons. The van der Waals surface area contributed by atoms with Gasteiger partial charge in [-0.2, -0.15) is 5.10 Å². The average molecular weight is 288 g/mol. The minimum absolute atomic E-state index is 0.415. The lowest BCUT2D eigenvalue weighted by Gasteiger charge is -2.16. The SMILES string of the molecule is COc1c(CNC(C(N)=O)c2ccccc2)c(C)nn1C. The van der Waals surface area contributed by atoms with E-state index in [1.54, 1.807) is 11.8 Å². The Morgan fingerprint density at radius 3 is 2.67 bits per heavy atom. The summed E-state index contributed by atoms with van der Waals surface area (Å²) in [6, 6.07) is 8.85. The van der Waals surface area contributed by atoms with Crippen LogP contribution in [0.1, 0.15) is 22.9 Å². The summed E-state index contributed by atoms with van der Waals surface area (Å²) in [5.74, 6) is 0.262. The molecule has 6 nitrogen and oxygen atoms in total. The Morgan fingerprint density at radius 1 is 1.43 bits per heavy atom. The van der Waals surface area contributed by atoms with Gasteiger partial charge in [0, 0.05) is 13.6 Å². The number of rotatable bonds is 6. The van der Waals surface area contributed by atoms with Gasteiger partial charge in [-0.1, -0.05) is 30.3 Å². The highest BCUT2D eigenvalue weighted by atomic mass is 16.5. The minimum atomic E-state index is -0.546. The number of methoxy groups -OCH3 is 1. The summed E-state index contributed by atoms with van der Waals surface area (Å²) in [5.41, 5.74) is 8.11. The fourth-order valence-corrected chi connectivity index (χ4v) is 2.37. The van der Waals surface area contributed by atoms with E-state index in [1.807, 2.05) is 44.3 Å². The summed E-state index contributed by atoms with van der Waals surface area (Å²) in [7, 11) is 3.42. The van der Waals surface area contributed by atoms with Crippen LogP contribution in [0.4, 0.5) is 0 Å². The Kier molecular flexibility index (Phi) is 4.59. The van der Waals surface area contributed by atoms with Gasteiger partial charge in [0.15, 0.2) is 0 Å². The third-order valence-corrected chi connectivity index (χ3v) is 3.38. The Bertz CT molecular complexity index is 622. The Morgan fingerprint density at radius 2 is 2.10 bits per heavy atom. The molecule has 1 aromatic carbocycles. The number of ether oxygens (including phenoxy) is 1. The molecule has 1 aromatic heterocycles. The molecule has 0 aliphatic carbocycles. The smallest absolute Gasteiger partial charge is 0.239 e. The Hall–Kier alpha value is -2.34. The first-order valence-corrected chi connectivity index (χ1v) is 6.68. The van der Waals surface area contributed by atoms with E-state index in [1.165, 1.54) is 0 Å². The van der Waals surface area contributed by atoms with E-state index in [2.05, 4.69) is 10.4 Å². The van der Waals surface area contributed by atoms with E-state index in [9.17, 15) is 4.79 Å². The number of aryl methyl sites for hydroxylation is 2. The van der Waals surface area contributed by atoms with Crippen LogP contribution in [-0.4, -0.2) is 22.8 Å². The molecule has 0 fully saturated rings. The molecule has 2 aromatic rings. The third kappa shape index (κ3) is 3.22. The number of aromatic nitrogens is 2. The number of amides is 1. The zero-order chi connectivity index (χ0) is 15.4. The van der Waals surface area contributed by atoms with Gasteiger partial charge in [0.05, 0.1) is 18.4 Å². The van der Waals surface area contributed by atoms with Crippen LogP contribution in [0.15, 0.2) is 30.3 Å². The quantitative estimate of drug-likeness (QED) is 0.832. The normalized spacial score (nSPS) is 12.1. The van der Waals surface area contributed by atoms with Gasteiger partial charge in [-0.25, -0.2) is 4.68 Å². The number of nitrogens with two attached hydrogens (primary N) is 1. The molecule has 0 radical (unpaired) electrons. The summed E-state index contributed by atoms with van der Waals surface area (Å²) < 4.78 is 7.01. The monoisotopic (exact) mass is 288 g/mol. The van der Waals surface area contributed by atoms with Gasteiger partial charge in [0.2, 0.25) is 11.8 Å². The molecule has 0 spiro atoms. The van der Waals surface area contributed by atoms with Crippen LogP contribution in [0.3, 0.4) is 0 Å². The maximum absolute atomic E-state index is 11.7. The molecule has 3 N–H and O–H groups in total. The van der Waals surface area contributed by atoms with Crippen molar-refractivity contribution in [2.75, 3.05) is 7.11 Å².